The monoisotopic (exact) mass is 211 g/mol. The van der Waals surface area contributed by atoms with Crippen LogP contribution in [-0.4, -0.2) is 35.6 Å². The van der Waals surface area contributed by atoms with Crippen LogP contribution in [0.3, 0.4) is 0 Å². The van der Waals surface area contributed by atoms with Crippen molar-refractivity contribution in [3.05, 3.63) is 0 Å². The van der Waals surface area contributed by atoms with Crippen LogP contribution in [0, 0.1) is 17.3 Å². The molecule has 0 bridgehead atoms. The minimum absolute atomic E-state index is 0.192. The lowest BCUT2D eigenvalue weighted by molar-refractivity contribution is -0.147. The summed E-state index contributed by atoms with van der Waals surface area (Å²) in [7, 11) is 0. The highest BCUT2D eigenvalue weighted by atomic mass is 16.4. The van der Waals surface area contributed by atoms with E-state index in [1.807, 2.05) is 13.8 Å². The van der Waals surface area contributed by atoms with Crippen LogP contribution in [0.15, 0.2) is 0 Å². The Labute approximate surface area is 91.5 Å². The molecule has 0 aromatic rings. The second-order valence-corrected chi connectivity index (χ2v) is 5.71. The van der Waals surface area contributed by atoms with Crippen molar-refractivity contribution in [2.75, 3.05) is 19.6 Å². The average Bonchev–Trinajstić information content (AvgIpc) is 1.96. The Balaban J connectivity index is 1.79. The van der Waals surface area contributed by atoms with E-state index in [0.29, 0.717) is 5.41 Å². The van der Waals surface area contributed by atoms with Gasteiger partial charge in [0.15, 0.2) is 0 Å². The molecule has 86 valence electrons. The first kappa shape index (κ1) is 10.9. The highest BCUT2D eigenvalue weighted by molar-refractivity contribution is 5.70. The molecule has 1 saturated heterocycles. The molecule has 2 aliphatic rings. The molecule has 1 saturated carbocycles. The van der Waals surface area contributed by atoms with Crippen molar-refractivity contribution < 1.29 is 9.90 Å². The number of carboxylic acid groups (broad SMARTS) is 1. The molecule has 1 spiro atoms. The summed E-state index contributed by atoms with van der Waals surface area (Å²) in [5.41, 5.74) is 0.611. The first-order valence-electron chi connectivity index (χ1n) is 5.98. The zero-order chi connectivity index (χ0) is 11.1. The van der Waals surface area contributed by atoms with E-state index in [9.17, 15) is 4.79 Å². The fourth-order valence-electron chi connectivity index (χ4n) is 2.88. The molecule has 0 aromatic carbocycles. The third-order valence-electron chi connectivity index (χ3n) is 4.11. The van der Waals surface area contributed by atoms with Gasteiger partial charge in [-0.1, -0.05) is 20.3 Å². The Morgan fingerprint density at radius 1 is 1.40 bits per heavy atom. The summed E-state index contributed by atoms with van der Waals surface area (Å²) in [6.07, 6.45) is 4.10. The maximum Gasteiger partial charge on any atom is 0.308 e. The average molecular weight is 211 g/mol. The molecule has 2 rings (SSSR count). The van der Waals surface area contributed by atoms with E-state index in [-0.39, 0.29) is 11.8 Å². The molecule has 2 fully saturated rings. The topological polar surface area (TPSA) is 40.5 Å². The number of nitrogens with zero attached hydrogens (tertiary/aromatic N) is 1. The zero-order valence-corrected chi connectivity index (χ0v) is 9.70. The van der Waals surface area contributed by atoms with Crippen LogP contribution in [0.25, 0.3) is 0 Å². The molecular weight excluding hydrogens is 190 g/mol. The van der Waals surface area contributed by atoms with Gasteiger partial charge in [0.2, 0.25) is 0 Å². The standard InChI is InChI=1S/C12H21NO2/c1-9(2)10(11(14)15)6-13-7-12(8-13)4-3-5-12/h9-10H,3-8H2,1-2H3,(H,14,15). The highest BCUT2D eigenvalue weighted by Crippen LogP contribution is 2.48. The number of hydrogen-bond donors (Lipinski definition) is 1. The van der Waals surface area contributed by atoms with Crippen LogP contribution in [-0.2, 0) is 4.79 Å². The number of carbonyl (C=O) groups is 1. The first-order valence-corrected chi connectivity index (χ1v) is 5.98. The minimum Gasteiger partial charge on any atom is -0.481 e. The molecule has 15 heavy (non-hydrogen) atoms. The van der Waals surface area contributed by atoms with Crippen LogP contribution in [0.5, 0.6) is 0 Å². The Morgan fingerprint density at radius 2 is 2.00 bits per heavy atom. The van der Waals surface area contributed by atoms with Crippen LogP contribution >= 0.6 is 0 Å². The fraction of sp³-hybridized carbons (Fsp3) is 0.917. The van der Waals surface area contributed by atoms with Crippen LogP contribution in [0.2, 0.25) is 0 Å². The fourth-order valence-corrected chi connectivity index (χ4v) is 2.88. The van der Waals surface area contributed by atoms with Gasteiger partial charge in [-0.25, -0.2) is 0 Å². The maximum absolute atomic E-state index is 11.0. The first-order chi connectivity index (χ1) is 7.02. The molecule has 1 atom stereocenters. The normalized spacial score (nSPS) is 26.1. The quantitative estimate of drug-likeness (QED) is 0.771. The van der Waals surface area contributed by atoms with Gasteiger partial charge in [0, 0.05) is 19.6 Å². The SMILES string of the molecule is CC(C)C(CN1CC2(CCC2)C1)C(=O)O. The molecule has 0 amide bonds. The largest absolute Gasteiger partial charge is 0.481 e. The van der Waals surface area contributed by atoms with Crippen molar-refractivity contribution >= 4 is 5.97 Å². The van der Waals surface area contributed by atoms with Gasteiger partial charge >= 0.3 is 5.97 Å². The van der Waals surface area contributed by atoms with Crippen molar-refractivity contribution in [2.24, 2.45) is 17.3 Å². The molecule has 1 unspecified atom stereocenters. The van der Waals surface area contributed by atoms with Gasteiger partial charge in [0.1, 0.15) is 0 Å². The van der Waals surface area contributed by atoms with E-state index in [1.54, 1.807) is 0 Å². The lowest BCUT2D eigenvalue weighted by atomic mass is 9.63. The van der Waals surface area contributed by atoms with E-state index in [2.05, 4.69) is 4.90 Å². The Kier molecular flexibility index (Phi) is 2.75. The summed E-state index contributed by atoms with van der Waals surface area (Å²) in [6.45, 7) is 7.02. The number of carboxylic acids is 1. The van der Waals surface area contributed by atoms with Crippen molar-refractivity contribution in [3.63, 3.8) is 0 Å². The summed E-state index contributed by atoms with van der Waals surface area (Å²) >= 11 is 0. The van der Waals surface area contributed by atoms with Crippen LogP contribution in [0.4, 0.5) is 0 Å². The van der Waals surface area contributed by atoms with Gasteiger partial charge in [-0.05, 0) is 24.2 Å². The van der Waals surface area contributed by atoms with E-state index in [1.165, 1.54) is 19.3 Å². The summed E-state index contributed by atoms with van der Waals surface area (Å²) in [4.78, 5) is 13.4. The molecule has 1 N–H and O–H groups in total. The van der Waals surface area contributed by atoms with Gasteiger partial charge in [-0.3, -0.25) is 4.79 Å². The lowest BCUT2D eigenvalue weighted by Gasteiger charge is -2.56. The molecule has 3 nitrogen and oxygen atoms in total. The van der Waals surface area contributed by atoms with Gasteiger partial charge < -0.3 is 10.0 Å². The highest BCUT2D eigenvalue weighted by Gasteiger charge is 2.47. The molecule has 0 radical (unpaired) electrons. The summed E-state index contributed by atoms with van der Waals surface area (Å²) in [6, 6.07) is 0. The van der Waals surface area contributed by atoms with Crippen molar-refractivity contribution in [1.29, 1.82) is 0 Å². The second kappa shape index (κ2) is 3.78. The van der Waals surface area contributed by atoms with Crippen molar-refractivity contribution in [3.8, 4) is 0 Å². The molecule has 1 aliphatic heterocycles. The molecule has 1 aliphatic carbocycles. The number of rotatable bonds is 4. The third kappa shape index (κ3) is 2.03. The smallest absolute Gasteiger partial charge is 0.308 e. The predicted octanol–water partition coefficient (Wildman–Crippen LogP) is 1.83. The lowest BCUT2D eigenvalue weighted by Crippen LogP contribution is -2.61. The Bertz CT molecular complexity index is 250. The maximum atomic E-state index is 11.0. The van der Waals surface area contributed by atoms with Gasteiger partial charge in [0.05, 0.1) is 5.92 Å². The molecule has 1 heterocycles. The van der Waals surface area contributed by atoms with E-state index in [0.717, 1.165) is 19.6 Å². The molecule has 0 aromatic heterocycles. The van der Waals surface area contributed by atoms with Gasteiger partial charge in [0.25, 0.3) is 0 Å². The number of aliphatic carboxylic acids is 1. The van der Waals surface area contributed by atoms with Crippen molar-refractivity contribution in [1.82, 2.24) is 4.90 Å². The van der Waals surface area contributed by atoms with E-state index < -0.39 is 5.97 Å². The third-order valence-corrected chi connectivity index (χ3v) is 4.11. The van der Waals surface area contributed by atoms with Crippen LogP contribution < -0.4 is 0 Å². The zero-order valence-electron chi connectivity index (χ0n) is 9.70. The number of hydrogen-bond acceptors (Lipinski definition) is 2. The predicted molar refractivity (Wildman–Crippen MR) is 58.7 cm³/mol. The van der Waals surface area contributed by atoms with Crippen molar-refractivity contribution in [2.45, 2.75) is 33.1 Å². The summed E-state index contributed by atoms with van der Waals surface area (Å²) in [5.74, 6) is -0.595. The summed E-state index contributed by atoms with van der Waals surface area (Å²) in [5, 5.41) is 9.09. The van der Waals surface area contributed by atoms with Gasteiger partial charge in [-0.15, -0.1) is 0 Å². The van der Waals surface area contributed by atoms with E-state index in [4.69, 9.17) is 5.11 Å². The van der Waals surface area contributed by atoms with Gasteiger partial charge in [-0.2, -0.15) is 0 Å². The van der Waals surface area contributed by atoms with Crippen LogP contribution in [0.1, 0.15) is 33.1 Å². The number of likely N-dealkylation sites (tertiary alicyclic amines) is 1. The Hall–Kier alpha value is -0.570. The molecule has 3 heteroatoms. The second-order valence-electron chi connectivity index (χ2n) is 5.71. The summed E-state index contributed by atoms with van der Waals surface area (Å²) < 4.78 is 0. The minimum atomic E-state index is -0.639. The Morgan fingerprint density at radius 3 is 2.33 bits per heavy atom. The molecular formula is C12H21NO2. The van der Waals surface area contributed by atoms with E-state index >= 15 is 0 Å².